The van der Waals surface area contributed by atoms with Gasteiger partial charge in [0, 0.05) is 0 Å². The fraction of sp³-hybridized carbons (Fsp3) is 0.269. The molecule has 0 radical (unpaired) electrons. The van der Waals surface area contributed by atoms with E-state index in [2.05, 4.69) is 111 Å². The van der Waals surface area contributed by atoms with E-state index in [1.807, 2.05) is 0 Å². The van der Waals surface area contributed by atoms with Gasteiger partial charge in [-0.1, -0.05) is 0 Å². The van der Waals surface area contributed by atoms with E-state index >= 15 is 0 Å². The van der Waals surface area contributed by atoms with Crippen molar-refractivity contribution in [2.75, 3.05) is 13.1 Å². The summed E-state index contributed by atoms with van der Waals surface area (Å²) in [6, 6.07) is 32.1. The molecule has 5 rings (SSSR count). The summed E-state index contributed by atoms with van der Waals surface area (Å²) in [5.74, 6) is 1.02. The van der Waals surface area contributed by atoms with Crippen LogP contribution in [0.15, 0.2) is 91.0 Å². The van der Waals surface area contributed by atoms with Gasteiger partial charge in [0.1, 0.15) is 0 Å². The maximum absolute atomic E-state index is 14.0. The molecule has 1 heterocycles. The van der Waals surface area contributed by atoms with Gasteiger partial charge in [-0.25, -0.2) is 0 Å². The first-order chi connectivity index (χ1) is 14.6. The van der Waals surface area contributed by atoms with E-state index in [-0.39, 0.29) is 5.66 Å². The molecule has 0 N–H and O–H groups in total. The first-order valence-corrected chi connectivity index (χ1v) is 15.1. The van der Waals surface area contributed by atoms with Crippen molar-refractivity contribution in [3.63, 3.8) is 0 Å². The molecule has 1 amide bonds. The zero-order valence-corrected chi connectivity index (χ0v) is 19.5. The monoisotopic (exact) mass is 479 g/mol. The minimum atomic E-state index is -3.23. The van der Waals surface area contributed by atoms with E-state index < -0.39 is 5.31 Å². The molecule has 3 aromatic rings. The van der Waals surface area contributed by atoms with Gasteiger partial charge in [-0.05, 0) is 0 Å². The molecule has 1 atom stereocenters. The topological polar surface area (TPSA) is 20.3 Å². The third-order valence-electron chi connectivity index (χ3n) is 6.81. The standard InChI is InChI=1S/C26H27BrNOP/c27-30(22-10-4-1-5-11-22,23-12-6-2-7-13-23,24-14-8-3-9-15-24)25-18-19-28(26(25)29)20-21-16-17-21/h1-15,21,25H,16-20H2/t25-/m0/s1. The van der Waals surface area contributed by atoms with Crippen molar-refractivity contribution in [1.82, 2.24) is 4.90 Å². The van der Waals surface area contributed by atoms with Crippen LogP contribution >= 0.6 is 20.8 Å². The first kappa shape index (κ1) is 20.0. The van der Waals surface area contributed by atoms with Crippen molar-refractivity contribution in [1.29, 1.82) is 0 Å². The number of rotatable bonds is 6. The van der Waals surface area contributed by atoms with Crippen molar-refractivity contribution in [2.45, 2.75) is 24.9 Å². The number of carbonyl (C=O) groups is 1. The molecule has 4 heteroatoms. The predicted molar refractivity (Wildman–Crippen MR) is 132 cm³/mol. The predicted octanol–water partition coefficient (Wildman–Crippen LogP) is 4.84. The Morgan fingerprint density at radius 2 is 1.17 bits per heavy atom. The number of benzene rings is 3. The molecule has 154 valence electrons. The molecule has 0 bridgehead atoms. The SMILES string of the molecule is O=C1[C@@H](P(Br)(c2ccccc2)(c2ccccc2)c2ccccc2)CCN1CC1CC1. The van der Waals surface area contributed by atoms with E-state index in [0.29, 0.717) is 11.8 Å². The summed E-state index contributed by atoms with van der Waals surface area (Å²) < 4.78 is 0. The fourth-order valence-corrected chi connectivity index (χ4v) is 13.8. The second kappa shape index (κ2) is 7.62. The molecule has 2 nitrogen and oxygen atoms in total. The molecule has 3 aromatic carbocycles. The quantitative estimate of drug-likeness (QED) is 0.463. The molecule has 1 aliphatic carbocycles. The third kappa shape index (κ3) is 2.98. The number of likely N-dealkylation sites (tertiary alicyclic amines) is 1. The second-order valence-corrected chi connectivity index (χ2v) is 17.4. The van der Waals surface area contributed by atoms with Crippen LogP contribution in [-0.2, 0) is 4.79 Å². The van der Waals surface area contributed by atoms with Gasteiger partial charge >= 0.3 is 187 Å². The second-order valence-electron chi connectivity index (χ2n) is 8.61. The number of carbonyl (C=O) groups excluding carboxylic acids is 1. The number of nitrogens with zero attached hydrogens (tertiary/aromatic N) is 1. The molecule has 1 saturated heterocycles. The van der Waals surface area contributed by atoms with Gasteiger partial charge in [-0.15, -0.1) is 0 Å². The number of halogens is 1. The average molecular weight is 480 g/mol. The minimum absolute atomic E-state index is 0.0954. The van der Waals surface area contributed by atoms with Crippen LogP contribution in [0.1, 0.15) is 19.3 Å². The zero-order valence-electron chi connectivity index (χ0n) is 17.0. The van der Waals surface area contributed by atoms with Crippen LogP contribution < -0.4 is 15.9 Å². The molecule has 0 aromatic heterocycles. The van der Waals surface area contributed by atoms with Gasteiger partial charge in [0.05, 0.1) is 0 Å². The van der Waals surface area contributed by atoms with E-state index in [1.165, 1.54) is 28.8 Å². The van der Waals surface area contributed by atoms with Crippen LogP contribution in [0.5, 0.6) is 0 Å². The Kier molecular flexibility index (Phi) is 5.08. The van der Waals surface area contributed by atoms with Crippen LogP contribution in [0.25, 0.3) is 0 Å². The van der Waals surface area contributed by atoms with Gasteiger partial charge < -0.3 is 0 Å². The summed E-state index contributed by atoms with van der Waals surface area (Å²) in [5, 5.41) is 0.460. The van der Waals surface area contributed by atoms with Crippen molar-refractivity contribution in [3.8, 4) is 0 Å². The normalized spacial score (nSPS) is 20.7. The van der Waals surface area contributed by atoms with Gasteiger partial charge in [0.15, 0.2) is 0 Å². The molecule has 0 spiro atoms. The van der Waals surface area contributed by atoms with Gasteiger partial charge in [0.25, 0.3) is 0 Å². The molecule has 0 unspecified atom stereocenters. The van der Waals surface area contributed by atoms with E-state index in [1.54, 1.807) is 0 Å². The van der Waals surface area contributed by atoms with Crippen molar-refractivity contribution in [3.05, 3.63) is 91.0 Å². The van der Waals surface area contributed by atoms with E-state index in [0.717, 1.165) is 19.5 Å². The van der Waals surface area contributed by atoms with Gasteiger partial charge in [0.2, 0.25) is 0 Å². The Morgan fingerprint density at radius 3 is 1.57 bits per heavy atom. The van der Waals surface area contributed by atoms with E-state index in [9.17, 15) is 4.79 Å². The molecule has 1 saturated carbocycles. The van der Waals surface area contributed by atoms with Gasteiger partial charge in [-0.3, -0.25) is 0 Å². The number of hydrogen-bond acceptors (Lipinski definition) is 1. The average Bonchev–Trinajstić information content (AvgIpc) is 3.56. The van der Waals surface area contributed by atoms with Crippen LogP contribution in [0, 0.1) is 5.92 Å². The summed E-state index contributed by atoms with van der Waals surface area (Å²) in [7, 11) is 0. The Balaban J connectivity index is 1.78. The van der Waals surface area contributed by atoms with Crippen molar-refractivity contribution >= 4 is 42.6 Å². The number of amides is 1. The molecule has 1 aliphatic heterocycles. The first-order valence-electron chi connectivity index (χ1n) is 10.8. The maximum atomic E-state index is 14.0. The molecular formula is C26H27BrNOP. The Labute approximate surface area is 187 Å². The summed E-state index contributed by atoms with van der Waals surface area (Å²) >= 11 is 4.48. The van der Waals surface area contributed by atoms with Crippen LogP contribution in [0.2, 0.25) is 0 Å². The Morgan fingerprint density at radius 1 is 0.733 bits per heavy atom. The molecule has 2 aliphatic rings. The van der Waals surface area contributed by atoms with Crippen LogP contribution in [0.3, 0.4) is 0 Å². The zero-order chi connectivity index (χ0) is 20.6. The summed E-state index contributed by atoms with van der Waals surface area (Å²) in [4.78, 5) is 16.1. The Hall–Kier alpha value is -1.96. The molecule has 2 fully saturated rings. The van der Waals surface area contributed by atoms with Crippen LogP contribution in [0.4, 0.5) is 0 Å². The molecular weight excluding hydrogens is 453 g/mol. The Bertz CT molecular complexity index is 937. The molecule has 30 heavy (non-hydrogen) atoms. The summed E-state index contributed by atoms with van der Waals surface area (Å²) in [6.07, 6.45) is 3.41. The van der Waals surface area contributed by atoms with Crippen molar-refractivity contribution in [2.24, 2.45) is 5.92 Å². The summed E-state index contributed by atoms with van der Waals surface area (Å²) in [5.41, 5.74) is -0.0954. The van der Waals surface area contributed by atoms with Crippen molar-refractivity contribution < 1.29 is 4.79 Å². The fourth-order valence-electron chi connectivity index (χ4n) is 5.11. The van der Waals surface area contributed by atoms with Crippen LogP contribution in [-0.4, -0.2) is 29.6 Å². The third-order valence-corrected chi connectivity index (χ3v) is 17.6. The van der Waals surface area contributed by atoms with Gasteiger partial charge in [-0.2, -0.15) is 0 Å². The van der Waals surface area contributed by atoms with E-state index in [4.69, 9.17) is 0 Å². The summed E-state index contributed by atoms with van der Waals surface area (Å²) in [6.45, 7) is 1.78. The number of hydrogen-bond donors (Lipinski definition) is 0.